The molecule has 1 amide bonds. The second-order valence-corrected chi connectivity index (χ2v) is 9.78. The fourth-order valence-corrected chi connectivity index (χ4v) is 5.57. The van der Waals surface area contributed by atoms with Gasteiger partial charge in [0.25, 0.3) is 5.91 Å². The summed E-state index contributed by atoms with van der Waals surface area (Å²) in [7, 11) is -3.21. The van der Waals surface area contributed by atoms with Gasteiger partial charge >= 0.3 is 0 Å². The van der Waals surface area contributed by atoms with E-state index in [0.717, 1.165) is 22.9 Å². The Morgan fingerprint density at radius 3 is 2.78 bits per heavy atom. The SMILES string of the molecule is CS(=O)(=O)c1cc2cc(C(=O)N[C@@H]3C[C@H]4CC[C@@H]3N4)ccc2s1. The number of benzene rings is 1. The number of hydrogen-bond donors (Lipinski definition) is 2. The molecule has 5 nitrogen and oxygen atoms in total. The first-order valence-electron chi connectivity index (χ1n) is 7.71. The lowest BCUT2D eigenvalue weighted by atomic mass is 9.95. The maximum atomic E-state index is 12.5. The molecule has 3 atom stereocenters. The van der Waals surface area contributed by atoms with Crippen molar-refractivity contribution < 1.29 is 13.2 Å². The van der Waals surface area contributed by atoms with E-state index < -0.39 is 9.84 Å². The lowest BCUT2D eigenvalue weighted by Crippen LogP contribution is -2.42. The molecule has 2 saturated heterocycles. The van der Waals surface area contributed by atoms with Crippen molar-refractivity contribution in [1.82, 2.24) is 10.6 Å². The molecule has 1 aromatic heterocycles. The summed E-state index contributed by atoms with van der Waals surface area (Å²) < 4.78 is 24.5. The molecule has 2 N–H and O–H groups in total. The summed E-state index contributed by atoms with van der Waals surface area (Å²) in [4.78, 5) is 12.5. The number of fused-ring (bicyclic) bond motifs is 3. The highest BCUT2D eigenvalue weighted by atomic mass is 32.2. The fraction of sp³-hybridized carbons (Fsp3) is 0.438. The Morgan fingerprint density at radius 2 is 2.13 bits per heavy atom. The second-order valence-electron chi connectivity index (χ2n) is 6.45. The molecule has 0 radical (unpaired) electrons. The van der Waals surface area contributed by atoms with E-state index >= 15 is 0 Å². The largest absolute Gasteiger partial charge is 0.348 e. The van der Waals surface area contributed by atoms with Crippen LogP contribution in [0.2, 0.25) is 0 Å². The van der Waals surface area contributed by atoms with Crippen LogP contribution in [0.1, 0.15) is 29.6 Å². The van der Waals surface area contributed by atoms with Crippen LogP contribution in [-0.4, -0.2) is 38.7 Å². The van der Waals surface area contributed by atoms with Gasteiger partial charge in [-0.2, -0.15) is 0 Å². The van der Waals surface area contributed by atoms with Crippen LogP contribution in [0.4, 0.5) is 0 Å². The van der Waals surface area contributed by atoms with Crippen molar-refractivity contribution in [2.24, 2.45) is 0 Å². The van der Waals surface area contributed by atoms with Gasteiger partial charge in [0.2, 0.25) is 0 Å². The van der Waals surface area contributed by atoms with Crippen molar-refractivity contribution in [1.29, 1.82) is 0 Å². The average Bonchev–Trinajstić information content (AvgIpc) is 3.20. The third-order valence-electron chi connectivity index (χ3n) is 4.74. The molecule has 23 heavy (non-hydrogen) atoms. The summed E-state index contributed by atoms with van der Waals surface area (Å²) in [6.45, 7) is 0. The molecule has 3 heterocycles. The first-order chi connectivity index (χ1) is 10.9. The standard InChI is InChI=1S/C16H18N2O3S2/c1-23(20,21)15-7-10-6-9(2-5-14(10)22-15)16(19)18-13-8-11-3-4-12(13)17-11/h2,5-7,11-13,17H,3-4,8H2,1H3,(H,18,19)/t11-,12+,13-/m1/s1. The van der Waals surface area contributed by atoms with Crippen LogP contribution in [0.15, 0.2) is 28.5 Å². The van der Waals surface area contributed by atoms with Gasteiger partial charge in [0, 0.05) is 34.6 Å². The maximum absolute atomic E-state index is 12.5. The Kier molecular flexibility index (Phi) is 3.48. The topological polar surface area (TPSA) is 75.3 Å². The smallest absolute Gasteiger partial charge is 0.251 e. The third kappa shape index (κ3) is 2.77. The van der Waals surface area contributed by atoms with Crippen LogP contribution in [0.25, 0.3) is 10.1 Å². The molecule has 122 valence electrons. The summed E-state index contributed by atoms with van der Waals surface area (Å²) in [5, 5.41) is 7.42. The Bertz CT molecular complexity index is 888. The van der Waals surface area contributed by atoms with Crippen LogP contribution in [0.3, 0.4) is 0 Å². The quantitative estimate of drug-likeness (QED) is 0.887. The Balaban J connectivity index is 1.57. The van der Waals surface area contributed by atoms with E-state index in [9.17, 15) is 13.2 Å². The number of hydrogen-bond acceptors (Lipinski definition) is 5. The summed E-state index contributed by atoms with van der Waals surface area (Å²) in [5.41, 5.74) is 0.582. The fourth-order valence-electron chi connectivity index (χ4n) is 3.58. The Hall–Kier alpha value is -1.44. The number of nitrogens with one attached hydrogen (secondary N) is 2. The van der Waals surface area contributed by atoms with E-state index in [1.54, 1.807) is 18.2 Å². The molecule has 1 aromatic carbocycles. The van der Waals surface area contributed by atoms with Gasteiger partial charge in [-0.15, -0.1) is 11.3 Å². The zero-order valence-corrected chi connectivity index (χ0v) is 14.3. The Labute approximate surface area is 139 Å². The average molecular weight is 350 g/mol. The lowest BCUT2D eigenvalue weighted by molar-refractivity contribution is 0.0931. The molecule has 2 aromatic rings. The summed E-state index contributed by atoms with van der Waals surface area (Å²) in [5.74, 6) is -0.0849. The third-order valence-corrected chi connectivity index (χ3v) is 7.66. The van der Waals surface area contributed by atoms with Gasteiger partial charge in [-0.05, 0) is 48.9 Å². The van der Waals surface area contributed by atoms with E-state index in [1.165, 1.54) is 24.0 Å². The second kappa shape index (κ2) is 5.29. The van der Waals surface area contributed by atoms with Gasteiger partial charge in [-0.3, -0.25) is 4.79 Å². The molecule has 7 heteroatoms. The minimum absolute atomic E-state index is 0.0849. The van der Waals surface area contributed by atoms with Crippen molar-refractivity contribution >= 4 is 37.2 Å². The van der Waals surface area contributed by atoms with Crippen molar-refractivity contribution in [3.63, 3.8) is 0 Å². The lowest BCUT2D eigenvalue weighted by Gasteiger charge is -2.21. The molecule has 0 spiro atoms. The minimum Gasteiger partial charge on any atom is -0.348 e. The van der Waals surface area contributed by atoms with Crippen molar-refractivity contribution in [2.75, 3.05) is 6.26 Å². The summed E-state index contributed by atoms with van der Waals surface area (Å²) in [6.07, 6.45) is 4.52. The zero-order valence-electron chi connectivity index (χ0n) is 12.7. The van der Waals surface area contributed by atoms with Gasteiger partial charge in [0.15, 0.2) is 9.84 Å². The van der Waals surface area contributed by atoms with Gasteiger partial charge in [0.05, 0.1) is 0 Å². The van der Waals surface area contributed by atoms with Crippen molar-refractivity contribution in [2.45, 2.75) is 41.6 Å². The van der Waals surface area contributed by atoms with Gasteiger partial charge in [0.1, 0.15) is 4.21 Å². The summed E-state index contributed by atoms with van der Waals surface area (Å²) in [6, 6.07) is 8.14. The predicted molar refractivity (Wildman–Crippen MR) is 90.8 cm³/mol. The van der Waals surface area contributed by atoms with Crippen molar-refractivity contribution in [3.05, 3.63) is 29.8 Å². The zero-order chi connectivity index (χ0) is 16.2. The van der Waals surface area contributed by atoms with E-state index in [0.29, 0.717) is 21.9 Å². The molecule has 2 aliphatic rings. The van der Waals surface area contributed by atoms with Gasteiger partial charge < -0.3 is 10.6 Å². The van der Waals surface area contributed by atoms with E-state index in [4.69, 9.17) is 0 Å². The van der Waals surface area contributed by atoms with E-state index in [-0.39, 0.29) is 11.9 Å². The number of rotatable bonds is 3. The summed E-state index contributed by atoms with van der Waals surface area (Å²) >= 11 is 1.24. The van der Waals surface area contributed by atoms with Crippen LogP contribution >= 0.6 is 11.3 Å². The highest BCUT2D eigenvalue weighted by Crippen LogP contribution is 2.31. The normalized spacial score (nSPS) is 26.7. The van der Waals surface area contributed by atoms with Crippen LogP contribution in [0.5, 0.6) is 0 Å². The molecule has 2 bridgehead atoms. The number of amides is 1. The van der Waals surface area contributed by atoms with Crippen LogP contribution in [0, 0.1) is 0 Å². The molecule has 2 fully saturated rings. The van der Waals surface area contributed by atoms with E-state index in [1.807, 2.05) is 6.07 Å². The number of carbonyl (C=O) groups excluding carboxylic acids is 1. The number of thiophene rings is 1. The molecule has 2 aliphatic heterocycles. The molecule has 0 saturated carbocycles. The van der Waals surface area contributed by atoms with E-state index in [2.05, 4.69) is 10.6 Å². The molecule has 0 aliphatic carbocycles. The Morgan fingerprint density at radius 1 is 1.30 bits per heavy atom. The molecular weight excluding hydrogens is 332 g/mol. The monoisotopic (exact) mass is 350 g/mol. The first-order valence-corrected chi connectivity index (χ1v) is 10.4. The highest BCUT2D eigenvalue weighted by molar-refractivity contribution is 7.92. The molecular formula is C16H18N2O3S2. The van der Waals surface area contributed by atoms with Crippen LogP contribution in [-0.2, 0) is 9.84 Å². The van der Waals surface area contributed by atoms with Crippen molar-refractivity contribution in [3.8, 4) is 0 Å². The minimum atomic E-state index is -3.21. The predicted octanol–water partition coefficient (Wildman–Crippen LogP) is 1.93. The number of sulfone groups is 1. The van der Waals surface area contributed by atoms with Crippen LogP contribution < -0.4 is 10.6 Å². The molecule has 0 unspecified atom stereocenters. The highest BCUT2D eigenvalue weighted by Gasteiger charge is 2.39. The van der Waals surface area contributed by atoms with Gasteiger partial charge in [-0.1, -0.05) is 0 Å². The first kappa shape index (κ1) is 15.1. The molecule has 4 rings (SSSR count). The number of carbonyl (C=O) groups is 1. The van der Waals surface area contributed by atoms with Gasteiger partial charge in [-0.25, -0.2) is 8.42 Å². The maximum Gasteiger partial charge on any atom is 0.251 e.